The van der Waals surface area contributed by atoms with Crippen LogP contribution in [0.25, 0.3) is 0 Å². The van der Waals surface area contributed by atoms with Crippen LogP contribution in [-0.4, -0.2) is 4.98 Å². The Morgan fingerprint density at radius 2 is 2.38 bits per heavy atom. The molecule has 41 valence electrons. The lowest BCUT2D eigenvalue weighted by atomic mass is 10.3. The zero-order valence-electron chi connectivity index (χ0n) is 4.68. The van der Waals surface area contributed by atoms with Gasteiger partial charge in [0.05, 0.1) is 0 Å². The number of nitrogens with zero attached hydrogens (tertiary/aromatic N) is 1. The molecule has 1 aromatic heterocycles. The molecule has 0 unspecified atom stereocenters. The molecule has 8 heavy (non-hydrogen) atoms. The second-order valence-electron chi connectivity index (χ2n) is 1.67. The minimum atomic E-state index is 0.368. The molecule has 0 spiro atoms. The number of rotatable bonds is 0. The quantitative estimate of drug-likeness (QED) is 0.492. The fourth-order valence-electron chi connectivity index (χ4n) is 0.486. The monoisotopic (exact) mass is 107 g/mol. The number of aromatic nitrogens is 1. The van der Waals surface area contributed by atoms with Gasteiger partial charge in [-0.25, -0.2) is 4.98 Å². The summed E-state index contributed by atoms with van der Waals surface area (Å²) in [6.07, 6.45) is 1.62. The van der Waals surface area contributed by atoms with E-state index >= 15 is 0 Å². The van der Waals surface area contributed by atoms with Gasteiger partial charge in [-0.2, -0.15) is 0 Å². The summed E-state index contributed by atoms with van der Waals surface area (Å²) in [5, 5.41) is 0. The SMILES string of the molecule is Cc1cccnc1[NH]. The maximum Gasteiger partial charge on any atom is 0.147 e. The van der Waals surface area contributed by atoms with E-state index < -0.39 is 0 Å². The first kappa shape index (κ1) is 5.09. The Morgan fingerprint density at radius 3 is 2.75 bits per heavy atom. The molecule has 1 N–H and O–H groups in total. The molecule has 1 aromatic rings. The average Bonchev–Trinajstić information content (AvgIpc) is 1.77. The van der Waals surface area contributed by atoms with Crippen LogP contribution in [0, 0.1) is 6.92 Å². The van der Waals surface area contributed by atoms with E-state index in [0.717, 1.165) is 5.56 Å². The molecule has 0 atom stereocenters. The Balaban J connectivity index is 3.13. The lowest BCUT2D eigenvalue weighted by Gasteiger charge is -1.91. The standard InChI is InChI=1S/C6H7N2/c1-5-3-2-4-8-6(5)7/h2-4,7H,1H3. The zero-order valence-corrected chi connectivity index (χ0v) is 4.68. The van der Waals surface area contributed by atoms with Crippen LogP contribution in [0.4, 0.5) is 5.82 Å². The molecule has 1 heterocycles. The maximum absolute atomic E-state index is 7.11. The smallest absolute Gasteiger partial charge is 0.147 e. The summed E-state index contributed by atoms with van der Waals surface area (Å²) in [5.41, 5.74) is 8.03. The van der Waals surface area contributed by atoms with E-state index in [1.807, 2.05) is 19.1 Å². The topological polar surface area (TPSA) is 36.7 Å². The van der Waals surface area contributed by atoms with E-state index in [0.29, 0.717) is 5.82 Å². The van der Waals surface area contributed by atoms with Crippen LogP contribution in [0.15, 0.2) is 18.3 Å². The lowest BCUT2D eigenvalue weighted by Crippen LogP contribution is -1.79. The molecule has 0 amide bonds. The predicted octanol–water partition coefficient (Wildman–Crippen LogP) is 1.30. The third-order valence-electron chi connectivity index (χ3n) is 1.01. The molecule has 0 saturated heterocycles. The Morgan fingerprint density at radius 1 is 1.62 bits per heavy atom. The Kier molecular flexibility index (Phi) is 1.16. The normalized spacial score (nSPS) is 9.12. The van der Waals surface area contributed by atoms with Crippen molar-refractivity contribution < 1.29 is 0 Å². The van der Waals surface area contributed by atoms with Gasteiger partial charge in [0.25, 0.3) is 0 Å². The molecule has 1 radical (unpaired) electrons. The highest BCUT2D eigenvalue weighted by Gasteiger charge is 1.87. The first-order valence-electron chi connectivity index (χ1n) is 2.44. The van der Waals surface area contributed by atoms with Gasteiger partial charge < -0.3 is 0 Å². The lowest BCUT2D eigenvalue weighted by molar-refractivity contribution is 1.21. The molecular formula is C6H7N2. The van der Waals surface area contributed by atoms with E-state index in [1.165, 1.54) is 0 Å². The number of aryl methyl sites for hydroxylation is 1. The summed E-state index contributed by atoms with van der Waals surface area (Å²) >= 11 is 0. The molecule has 0 aromatic carbocycles. The molecule has 0 bridgehead atoms. The van der Waals surface area contributed by atoms with Crippen molar-refractivity contribution >= 4 is 5.82 Å². The summed E-state index contributed by atoms with van der Waals surface area (Å²) < 4.78 is 0. The number of hydrogen-bond acceptors (Lipinski definition) is 1. The zero-order chi connectivity index (χ0) is 5.98. The van der Waals surface area contributed by atoms with Gasteiger partial charge in [-0.1, -0.05) is 6.07 Å². The van der Waals surface area contributed by atoms with Crippen molar-refractivity contribution in [1.82, 2.24) is 10.7 Å². The van der Waals surface area contributed by atoms with Gasteiger partial charge in [-0.05, 0) is 18.6 Å². The number of pyridine rings is 1. The Hall–Kier alpha value is -1.05. The van der Waals surface area contributed by atoms with Crippen LogP contribution in [0.3, 0.4) is 0 Å². The van der Waals surface area contributed by atoms with Crippen LogP contribution in [0.1, 0.15) is 5.56 Å². The van der Waals surface area contributed by atoms with Crippen LogP contribution < -0.4 is 5.73 Å². The van der Waals surface area contributed by atoms with Gasteiger partial charge in [0.15, 0.2) is 0 Å². The van der Waals surface area contributed by atoms with Crippen LogP contribution in [0.2, 0.25) is 0 Å². The molecule has 1 rings (SSSR count). The van der Waals surface area contributed by atoms with E-state index in [4.69, 9.17) is 5.73 Å². The summed E-state index contributed by atoms with van der Waals surface area (Å²) in [7, 11) is 0. The molecular weight excluding hydrogens is 100 g/mol. The fourth-order valence-corrected chi connectivity index (χ4v) is 0.486. The summed E-state index contributed by atoms with van der Waals surface area (Å²) in [4.78, 5) is 3.75. The largest absolute Gasteiger partial charge is 0.283 e. The van der Waals surface area contributed by atoms with Crippen molar-refractivity contribution in [2.45, 2.75) is 6.92 Å². The summed E-state index contributed by atoms with van der Waals surface area (Å²) in [6.45, 7) is 1.87. The van der Waals surface area contributed by atoms with Gasteiger partial charge in [-0.3, -0.25) is 5.73 Å². The van der Waals surface area contributed by atoms with Crippen LogP contribution >= 0.6 is 0 Å². The van der Waals surface area contributed by atoms with Crippen molar-refractivity contribution in [3.05, 3.63) is 23.9 Å². The second-order valence-corrected chi connectivity index (χ2v) is 1.67. The molecule has 2 heteroatoms. The van der Waals surface area contributed by atoms with Gasteiger partial charge in [0.2, 0.25) is 0 Å². The minimum absolute atomic E-state index is 0.368. The fraction of sp³-hybridized carbons (Fsp3) is 0.167. The molecule has 0 aliphatic rings. The van der Waals surface area contributed by atoms with Crippen LogP contribution in [-0.2, 0) is 0 Å². The number of nitrogens with one attached hydrogen (secondary N) is 1. The first-order chi connectivity index (χ1) is 3.80. The van der Waals surface area contributed by atoms with Crippen molar-refractivity contribution in [2.75, 3.05) is 0 Å². The molecule has 0 aliphatic carbocycles. The third-order valence-corrected chi connectivity index (χ3v) is 1.01. The first-order valence-corrected chi connectivity index (χ1v) is 2.44. The van der Waals surface area contributed by atoms with E-state index in [2.05, 4.69) is 4.98 Å². The highest BCUT2D eigenvalue weighted by molar-refractivity contribution is 5.32. The molecule has 0 aliphatic heterocycles. The third kappa shape index (κ3) is 0.780. The average molecular weight is 107 g/mol. The van der Waals surface area contributed by atoms with Gasteiger partial charge in [0, 0.05) is 6.20 Å². The Labute approximate surface area is 48.4 Å². The van der Waals surface area contributed by atoms with Crippen molar-refractivity contribution in [2.24, 2.45) is 0 Å². The van der Waals surface area contributed by atoms with Gasteiger partial charge in [0.1, 0.15) is 5.82 Å². The highest BCUT2D eigenvalue weighted by Crippen LogP contribution is 2.04. The van der Waals surface area contributed by atoms with E-state index in [9.17, 15) is 0 Å². The maximum atomic E-state index is 7.11. The van der Waals surface area contributed by atoms with Crippen molar-refractivity contribution in [3.8, 4) is 0 Å². The predicted molar refractivity (Wildman–Crippen MR) is 31.7 cm³/mol. The summed E-state index contributed by atoms with van der Waals surface area (Å²) in [6, 6.07) is 3.70. The summed E-state index contributed by atoms with van der Waals surface area (Å²) in [5.74, 6) is 0.368. The van der Waals surface area contributed by atoms with Gasteiger partial charge in [-0.15, -0.1) is 0 Å². The molecule has 0 saturated carbocycles. The van der Waals surface area contributed by atoms with Gasteiger partial charge >= 0.3 is 0 Å². The van der Waals surface area contributed by atoms with Crippen molar-refractivity contribution in [1.29, 1.82) is 0 Å². The second kappa shape index (κ2) is 1.82. The molecule has 0 fully saturated rings. The van der Waals surface area contributed by atoms with Crippen molar-refractivity contribution in [3.63, 3.8) is 0 Å². The number of hydrogen-bond donors (Lipinski definition) is 0. The minimum Gasteiger partial charge on any atom is -0.283 e. The van der Waals surface area contributed by atoms with E-state index in [1.54, 1.807) is 6.20 Å². The highest BCUT2D eigenvalue weighted by atomic mass is 14.8. The van der Waals surface area contributed by atoms with E-state index in [-0.39, 0.29) is 0 Å². The Bertz CT molecular complexity index is 163. The molecule has 2 nitrogen and oxygen atoms in total. The van der Waals surface area contributed by atoms with Crippen LogP contribution in [0.5, 0.6) is 0 Å².